The standard InChI is InChI=1S/C11H6N/c12-8-10-6-3-5-9-4-1-2-7-11(9)10/h1-5,7H/q+1. The van der Waals surface area contributed by atoms with Crippen LogP contribution in [0.1, 0.15) is 11.1 Å². The Labute approximate surface area is 71.3 Å². The number of rotatable bonds is 0. The Balaban J connectivity index is 2.67. The fourth-order valence-corrected chi connectivity index (χ4v) is 1.26. The van der Waals surface area contributed by atoms with E-state index in [4.69, 9.17) is 5.26 Å². The molecule has 0 saturated heterocycles. The van der Waals surface area contributed by atoms with Gasteiger partial charge in [-0.3, -0.25) is 0 Å². The molecule has 0 fully saturated rings. The van der Waals surface area contributed by atoms with Crippen LogP contribution in [0, 0.1) is 17.4 Å². The maximum absolute atomic E-state index is 8.75. The average molecular weight is 152 g/mol. The number of hydrogen-bond donors (Lipinski definition) is 0. The van der Waals surface area contributed by atoms with Crippen LogP contribution in [0.4, 0.5) is 0 Å². The van der Waals surface area contributed by atoms with Crippen LogP contribution < -0.4 is 0 Å². The second-order valence-corrected chi connectivity index (χ2v) is 2.55. The molecule has 1 aliphatic rings. The van der Waals surface area contributed by atoms with E-state index in [-0.39, 0.29) is 0 Å². The van der Waals surface area contributed by atoms with Gasteiger partial charge in [-0.2, -0.15) is 0 Å². The van der Waals surface area contributed by atoms with Crippen molar-refractivity contribution in [2.75, 3.05) is 0 Å². The Morgan fingerprint density at radius 2 is 2.08 bits per heavy atom. The van der Waals surface area contributed by atoms with Gasteiger partial charge in [0.25, 0.3) is 0 Å². The Morgan fingerprint density at radius 1 is 1.25 bits per heavy atom. The minimum absolute atomic E-state index is 0.619. The Kier molecular flexibility index (Phi) is 1.48. The van der Waals surface area contributed by atoms with Crippen LogP contribution in [0.3, 0.4) is 0 Å². The molecule has 0 bridgehead atoms. The highest BCUT2D eigenvalue weighted by Crippen LogP contribution is 2.22. The highest BCUT2D eigenvalue weighted by Gasteiger charge is 2.16. The van der Waals surface area contributed by atoms with E-state index in [0.717, 1.165) is 11.1 Å². The normalized spacial score (nSPS) is 12.4. The molecule has 1 nitrogen and oxygen atoms in total. The minimum Gasteiger partial charge on any atom is -0.121 e. The van der Waals surface area contributed by atoms with Crippen molar-refractivity contribution in [3.63, 3.8) is 0 Å². The van der Waals surface area contributed by atoms with E-state index in [0.29, 0.717) is 5.57 Å². The maximum Gasteiger partial charge on any atom is 0.243 e. The number of nitrogens with zero attached hydrogens (tertiary/aromatic N) is 1. The van der Waals surface area contributed by atoms with Gasteiger partial charge in [-0.05, 0) is 12.1 Å². The highest BCUT2D eigenvalue weighted by atomic mass is 14.3. The van der Waals surface area contributed by atoms with Gasteiger partial charge in [-0.1, -0.05) is 12.1 Å². The molecule has 0 aliphatic heterocycles. The van der Waals surface area contributed by atoms with Gasteiger partial charge >= 0.3 is 0 Å². The molecule has 0 spiro atoms. The first kappa shape index (κ1) is 6.79. The van der Waals surface area contributed by atoms with E-state index in [1.807, 2.05) is 30.3 Å². The third-order valence-corrected chi connectivity index (χ3v) is 1.83. The lowest BCUT2D eigenvalue weighted by atomic mass is 9.96. The fraction of sp³-hybridized carbons (Fsp3) is 0. The largest absolute Gasteiger partial charge is 0.243 e. The van der Waals surface area contributed by atoms with Gasteiger partial charge in [0.2, 0.25) is 11.6 Å². The van der Waals surface area contributed by atoms with E-state index >= 15 is 0 Å². The average Bonchev–Trinajstić information content (AvgIpc) is 2.17. The predicted molar refractivity (Wildman–Crippen MR) is 47.7 cm³/mol. The molecule has 0 atom stereocenters. The first-order chi connectivity index (χ1) is 5.92. The van der Waals surface area contributed by atoms with Crippen molar-refractivity contribution < 1.29 is 0 Å². The van der Waals surface area contributed by atoms with Gasteiger partial charge in [0.15, 0.2) is 0 Å². The molecule has 0 aromatic heterocycles. The Bertz CT molecular complexity index is 405. The van der Waals surface area contributed by atoms with Crippen LogP contribution in [0.25, 0.3) is 11.6 Å². The molecule has 0 saturated carbocycles. The first-order valence-electron chi connectivity index (χ1n) is 3.71. The summed E-state index contributed by atoms with van der Waals surface area (Å²) < 4.78 is 0. The smallest absolute Gasteiger partial charge is 0.121 e. The van der Waals surface area contributed by atoms with Crippen LogP contribution in [0.2, 0.25) is 0 Å². The molecule has 54 valence electrons. The van der Waals surface area contributed by atoms with E-state index in [9.17, 15) is 0 Å². The van der Waals surface area contributed by atoms with E-state index in [1.165, 1.54) is 0 Å². The Morgan fingerprint density at radius 3 is 2.92 bits per heavy atom. The zero-order valence-electron chi connectivity index (χ0n) is 6.41. The van der Waals surface area contributed by atoms with Crippen LogP contribution in [-0.4, -0.2) is 0 Å². The molecular weight excluding hydrogens is 146 g/mol. The van der Waals surface area contributed by atoms with Crippen molar-refractivity contribution in [2.24, 2.45) is 0 Å². The number of nitriles is 1. The number of hydrogen-bond acceptors (Lipinski definition) is 1. The Hall–Kier alpha value is -1.90. The fourth-order valence-electron chi connectivity index (χ4n) is 1.26. The van der Waals surface area contributed by atoms with Gasteiger partial charge in [0.05, 0.1) is 17.2 Å². The highest BCUT2D eigenvalue weighted by molar-refractivity contribution is 5.84. The van der Waals surface area contributed by atoms with Gasteiger partial charge in [-0.25, -0.2) is 0 Å². The zero-order valence-corrected chi connectivity index (χ0v) is 6.41. The second-order valence-electron chi connectivity index (χ2n) is 2.55. The van der Waals surface area contributed by atoms with Crippen LogP contribution in [0.5, 0.6) is 0 Å². The van der Waals surface area contributed by atoms with Gasteiger partial charge in [0, 0.05) is 12.2 Å². The summed E-state index contributed by atoms with van der Waals surface area (Å²) in [5, 5.41) is 8.75. The molecule has 0 N–H and O–H groups in total. The van der Waals surface area contributed by atoms with Crippen molar-refractivity contribution in [3.05, 3.63) is 47.5 Å². The van der Waals surface area contributed by atoms with Crippen LogP contribution in [0.15, 0.2) is 30.3 Å². The molecule has 2 rings (SSSR count). The predicted octanol–water partition coefficient (Wildman–Crippen LogP) is 2.42. The zero-order chi connectivity index (χ0) is 8.39. The lowest BCUT2D eigenvalue weighted by Gasteiger charge is -1.97. The molecule has 0 radical (unpaired) electrons. The van der Waals surface area contributed by atoms with Crippen molar-refractivity contribution >= 4 is 11.6 Å². The van der Waals surface area contributed by atoms with Crippen molar-refractivity contribution in [2.45, 2.75) is 0 Å². The molecule has 1 aliphatic carbocycles. The number of benzene rings is 1. The third kappa shape index (κ3) is 0.917. The van der Waals surface area contributed by atoms with E-state index in [1.54, 1.807) is 6.08 Å². The summed E-state index contributed by atoms with van der Waals surface area (Å²) in [6.45, 7) is 0. The van der Waals surface area contributed by atoms with E-state index in [2.05, 4.69) is 12.1 Å². The second kappa shape index (κ2) is 2.62. The minimum atomic E-state index is 0.619. The monoisotopic (exact) mass is 152 g/mol. The lowest BCUT2D eigenvalue weighted by Crippen LogP contribution is -1.89. The molecule has 1 heteroatoms. The molecule has 0 heterocycles. The summed E-state index contributed by atoms with van der Waals surface area (Å²) in [5.74, 6) is 0. The molecule has 1 aromatic rings. The number of allylic oxidation sites excluding steroid dienone is 3. The third-order valence-electron chi connectivity index (χ3n) is 1.83. The first-order valence-corrected chi connectivity index (χ1v) is 3.71. The van der Waals surface area contributed by atoms with Crippen molar-refractivity contribution in [1.29, 1.82) is 5.26 Å². The summed E-state index contributed by atoms with van der Waals surface area (Å²) >= 11 is 0. The van der Waals surface area contributed by atoms with Crippen LogP contribution >= 0.6 is 0 Å². The molecule has 0 unspecified atom stereocenters. The quantitative estimate of drug-likeness (QED) is 0.524. The van der Waals surface area contributed by atoms with Gasteiger partial charge in [-0.15, -0.1) is 5.26 Å². The molecule has 0 amide bonds. The van der Waals surface area contributed by atoms with E-state index < -0.39 is 0 Å². The lowest BCUT2D eigenvalue weighted by molar-refractivity contribution is 1.49. The summed E-state index contributed by atoms with van der Waals surface area (Å²) in [7, 11) is 0. The van der Waals surface area contributed by atoms with Gasteiger partial charge in [0.1, 0.15) is 0 Å². The summed E-state index contributed by atoms with van der Waals surface area (Å²) in [5.41, 5.74) is 2.68. The van der Waals surface area contributed by atoms with Gasteiger partial charge < -0.3 is 0 Å². The molecular formula is C11H6N+. The summed E-state index contributed by atoms with van der Waals surface area (Å²) in [4.78, 5) is 0. The van der Waals surface area contributed by atoms with Crippen molar-refractivity contribution in [1.82, 2.24) is 0 Å². The topological polar surface area (TPSA) is 23.8 Å². The van der Waals surface area contributed by atoms with Crippen molar-refractivity contribution in [3.8, 4) is 6.07 Å². The number of fused-ring (bicyclic) bond motifs is 1. The molecule has 12 heavy (non-hydrogen) atoms. The SMILES string of the molecule is N#CC1=[C+]C=Cc2ccccc21. The summed E-state index contributed by atoms with van der Waals surface area (Å²) in [6, 6.07) is 9.93. The maximum atomic E-state index is 8.75. The van der Waals surface area contributed by atoms with Crippen LogP contribution in [-0.2, 0) is 0 Å². The summed E-state index contributed by atoms with van der Waals surface area (Å²) in [6.07, 6.45) is 6.63. The molecule has 1 aromatic carbocycles.